The highest BCUT2D eigenvalue weighted by atomic mass is 19.4. The van der Waals surface area contributed by atoms with Crippen molar-refractivity contribution in [3.8, 4) is 0 Å². The number of alkyl halides is 3. The first-order chi connectivity index (χ1) is 8.71. The monoisotopic (exact) mass is 274 g/mol. The zero-order chi connectivity index (χ0) is 14.6. The van der Waals surface area contributed by atoms with E-state index in [9.17, 15) is 22.8 Å². The lowest BCUT2D eigenvalue weighted by atomic mass is 10.1. The minimum atomic E-state index is -4.50. The van der Waals surface area contributed by atoms with Crippen LogP contribution in [0.3, 0.4) is 0 Å². The van der Waals surface area contributed by atoms with Gasteiger partial charge in [-0.1, -0.05) is 6.07 Å². The number of rotatable bonds is 3. The van der Waals surface area contributed by atoms with E-state index >= 15 is 0 Å². The number of hydrogen-bond donors (Lipinski definition) is 1. The topological polar surface area (TPSA) is 49.4 Å². The molecular formula is C12H13F3N2O2. The van der Waals surface area contributed by atoms with Crippen molar-refractivity contribution in [3.05, 3.63) is 35.4 Å². The normalized spacial score (nSPS) is 11.0. The SMILES string of the molecule is CN(C)C(=O)CNC(=O)c1cccc(C(F)(F)F)c1. The summed E-state index contributed by atoms with van der Waals surface area (Å²) in [6.07, 6.45) is -4.50. The number of carbonyl (C=O) groups is 2. The first-order valence-electron chi connectivity index (χ1n) is 5.37. The number of nitrogens with zero attached hydrogens (tertiary/aromatic N) is 1. The van der Waals surface area contributed by atoms with Gasteiger partial charge in [0.15, 0.2) is 0 Å². The van der Waals surface area contributed by atoms with Crippen molar-refractivity contribution in [2.45, 2.75) is 6.18 Å². The van der Waals surface area contributed by atoms with Crippen LogP contribution in [0.25, 0.3) is 0 Å². The lowest BCUT2D eigenvalue weighted by Gasteiger charge is -2.12. The van der Waals surface area contributed by atoms with Crippen molar-refractivity contribution in [3.63, 3.8) is 0 Å². The molecule has 0 aliphatic rings. The minimum absolute atomic E-state index is 0.138. The Morgan fingerprint density at radius 1 is 1.26 bits per heavy atom. The second-order valence-corrected chi connectivity index (χ2v) is 4.05. The maximum Gasteiger partial charge on any atom is 0.416 e. The van der Waals surface area contributed by atoms with Crippen LogP contribution < -0.4 is 5.32 Å². The second kappa shape index (κ2) is 5.73. The van der Waals surface area contributed by atoms with Gasteiger partial charge in [0, 0.05) is 19.7 Å². The molecule has 1 aromatic carbocycles. The summed E-state index contributed by atoms with van der Waals surface area (Å²) < 4.78 is 37.4. The van der Waals surface area contributed by atoms with Gasteiger partial charge in [0.1, 0.15) is 0 Å². The highest BCUT2D eigenvalue weighted by molar-refractivity contribution is 5.96. The Balaban J connectivity index is 2.76. The van der Waals surface area contributed by atoms with Crippen LogP contribution in [0, 0.1) is 0 Å². The maximum atomic E-state index is 12.5. The molecule has 0 unspecified atom stereocenters. The molecule has 0 heterocycles. The van der Waals surface area contributed by atoms with Crippen LogP contribution in [0.1, 0.15) is 15.9 Å². The fourth-order valence-electron chi connectivity index (χ4n) is 1.25. The summed E-state index contributed by atoms with van der Waals surface area (Å²) in [7, 11) is 3.03. The number of amides is 2. The maximum absolute atomic E-state index is 12.5. The first-order valence-corrected chi connectivity index (χ1v) is 5.37. The van der Waals surface area contributed by atoms with Gasteiger partial charge in [-0.3, -0.25) is 9.59 Å². The van der Waals surface area contributed by atoms with Crippen LogP contribution in [0.4, 0.5) is 13.2 Å². The molecule has 1 rings (SSSR count). The van der Waals surface area contributed by atoms with Crippen molar-refractivity contribution in [1.82, 2.24) is 10.2 Å². The Bertz CT molecular complexity index is 484. The molecule has 0 aliphatic carbocycles. The summed E-state index contributed by atoms with van der Waals surface area (Å²) in [6, 6.07) is 4.02. The lowest BCUT2D eigenvalue weighted by Crippen LogP contribution is -2.36. The van der Waals surface area contributed by atoms with Gasteiger partial charge in [-0.15, -0.1) is 0 Å². The first kappa shape index (κ1) is 15.0. The van der Waals surface area contributed by atoms with Crippen molar-refractivity contribution in [2.24, 2.45) is 0 Å². The zero-order valence-electron chi connectivity index (χ0n) is 10.4. The Morgan fingerprint density at radius 3 is 2.42 bits per heavy atom. The molecule has 0 fully saturated rings. The zero-order valence-corrected chi connectivity index (χ0v) is 10.4. The Kier molecular flexibility index (Phi) is 4.52. The van der Waals surface area contributed by atoms with Crippen LogP contribution in [0.15, 0.2) is 24.3 Å². The van der Waals surface area contributed by atoms with E-state index < -0.39 is 17.6 Å². The van der Waals surface area contributed by atoms with Gasteiger partial charge < -0.3 is 10.2 Å². The molecule has 0 spiro atoms. The Hall–Kier alpha value is -2.05. The third kappa shape index (κ3) is 4.27. The van der Waals surface area contributed by atoms with Crippen LogP contribution >= 0.6 is 0 Å². The van der Waals surface area contributed by atoms with Gasteiger partial charge in [-0.25, -0.2) is 0 Å². The Labute approximate surface area is 108 Å². The van der Waals surface area contributed by atoms with E-state index in [0.717, 1.165) is 18.2 Å². The number of nitrogens with one attached hydrogen (secondary N) is 1. The summed E-state index contributed by atoms with van der Waals surface area (Å²) in [6.45, 7) is -0.262. The standard InChI is InChI=1S/C12H13F3N2O2/c1-17(2)10(18)7-16-11(19)8-4-3-5-9(6-8)12(13,14)15/h3-6H,7H2,1-2H3,(H,16,19). The molecule has 0 bridgehead atoms. The summed E-state index contributed by atoms with van der Waals surface area (Å²) in [5.41, 5.74) is -1.04. The van der Waals surface area contributed by atoms with Crippen molar-refractivity contribution in [1.29, 1.82) is 0 Å². The molecule has 2 amide bonds. The lowest BCUT2D eigenvalue weighted by molar-refractivity contribution is -0.137. The van der Waals surface area contributed by atoms with E-state index in [1.165, 1.54) is 25.1 Å². The van der Waals surface area contributed by atoms with E-state index in [4.69, 9.17) is 0 Å². The van der Waals surface area contributed by atoms with Gasteiger partial charge >= 0.3 is 6.18 Å². The average molecular weight is 274 g/mol. The van der Waals surface area contributed by atoms with E-state index in [-0.39, 0.29) is 18.0 Å². The molecule has 0 aliphatic heterocycles. The molecule has 7 heteroatoms. The third-order valence-corrected chi connectivity index (χ3v) is 2.35. The van der Waals surface area contributed by atoms with Gasteiger partial charge in [-0.2, -0.15) is 13.2 Å². The molecular weight excluding hydrogens is 261 g/mol. The van der Waals surface area contributed by atoms with Gasteiger partial charge in [0.05, 0.1) is 12.1 Å². The van der Waals surface area contributed by atoms with Crippen molar-refractivity contribution >= 4 is 11.8 Å². The molecule has 1 N–H and O–H groups in total. The quantitative estimate of drug-likeness (QED) is 0.908. The summed E-state index contributed by atoms with van der Waals surface area (Å²) >= 11 is 0. The van der Waals surface area contributed by atoms with Crippen LogP contribution in [-0.4, -0.2) is 37.4 Å². The van der Waals surface area contributed by atoms with Crippen molar-refractivity contribution < 1.29 is 22.8 Å². The Morgan fingerprint density at radius 2 is 1.89 bits per heavy atom. The molecule has 0 saturated carbocycles. The van der Waals surface area contributed by atoms with E-state index in [1.807, 2.05) is 0 Å². The molecule has 1 aromatic rings. The van der Waals surface area contributed by atoms with Crippen LogP contribution in [0.5, 0.6) is 0 Å². The van der Waals surface area contributed by atoms with Crippen molar-refractivity contribution in [2.75, 3.05) is 20.6 Å². The third-order valence-electron chi connectivity index (χ3n) is 2.35. The largest absolute Gasteiger partial charge is 0.416 e. The van der Waals surface area contributed by atoms with E-state index in [2.05, 4.69) is 5.32 Å². The number of benzene rings is 1. The number of halogens is 3. The fraction of sp³-hybridized carbons (Fsp3) is 0.333. The highest BCUT2D eigenvalue weighted by Gasteiger charge is 2.30. The minimum Gasteiger partial charge on any atom is -0.347 e. The predicted molar refractivity (Wildman–Crippen MR) is 62.5 cm³/mol. The number of likely N-dealkylation sites (N-methyl/N-ethyl adjacent to an activating group) is 1. The van der Waals surface area contributed by atoms with Crippen LogP contribution in [0.2, 0.25) is 0 Å². The molecule has 4 nitrogen and oxygen atoms in total. The fourth-order valence-corrected chi connectivity index (χ4v) is 1.25. The number of hydrogen-bond acceptors (Lipinski definition) is 2. The van der Waals surface area contributed by atoms with Gasteiger partial charge in [0.2, 0.25) is 5.91 Å². The highest BCUT2D eigenvalue weighted by Crippen LogP contribution is 2.29. The van der Waals surface area contributed by atoms with Crippen LogP contribution in [-0.2, 0) is 11.0 Å². The number of carbonyl (C=O) groups excluding carboxylic acids is 2. The molecule has 0 aromatic heterocycles. The summed E-state index contributed by atoms with van der Waals surface area (Å²) in [5, 5.41) is 2.26. The predicted octanol–water partition coefficient (Wildman–Crippen LogP) is 1.52. The average Bonchev–Trinajstić information content (AvgIpc) is 2.34. The molecule has 0 atom stereocenters. The van der Waals surface area contributed by atoms with E-state index in [0.29, 0.717) is 0 Å². The second-order valence-electron chi connectivity index (χ2n) is 4.05. The summed E-state index contributed by atoms with van der Waals surface area (Å²) in [5.74, 6) is -1.07. The molecule has 0 radical (unpaired) electrons. The molecule has 19 heavy (non-hydrogen) atoms. The smallest absolute Gasteiger partial charge is 0.347 e. The summed E-state index contributed by atoms with van der Waals surface area (Å²) in [4.78, 5) is 24.1. The van der Waals surface area contributed by atoms with E-state index in [1.54, 1.807) is 0 Å². The van der Waals surface area contributed by atoms with Gasteiger partial charge in [0.25, 0.3) is 5.91 Å². The molecule has 104 valence electrons. The van der Waals surface area contributed by atoms with Gasteiger partial charge in [-0.05, 0) is 18.2 Å². The molecule has 0 saturated heterocycles.